The molecule has 0 bridgehead atoms. The van der Waals surface area contributed by atoms with Crippen molar-refractivity contribution in [3.63, 3.8) is 0 Å². The summed E-state index contributed by atoms with van der Waals surface area (Å²) in [5.74, 6) is 0. The minimum atomic E-state index is 0.275. The van der Waals surface area contributed by atoms with Gasteiger partial charge >= 0.3 is 0 Å². The summed E-state index contributed by atoms with van der Waals surface area (Å²) >= 11 is 0. The third-order valence-corrected chi connectivity index (χ3v) is 3.50. The zero-order chi connectivity index (χ0) is 13.7. The van der Waals surface area contributed by atoms with Gasteiger partial charge in [0, 0.05) is 19.6 Å². The first-order valence-electron chi connectivity index (χ1n) is 6.82. The Labute approximate surface area is 115 Å². The van der Waals surface area contributed by atoms with Gasteiger partial charge in [-0.1, -0.05) is 13.0 Å². The first kappa shape index (κ1) is 13.9. The van der Waals surface area contributed by atoms with Crippen LogP contribution in [0.5, 0.6) is 0 Å². The largest absolute Gasteiger partial charge is 0.375 e. The van der Waals surface area contributed by atoms with Crippen LogP contribution in [0.2, 0.25) is 0 Å². The van der Waals surface area contributed by atoms with Crippen LogP contribution in [0, 0.1) is 11.3 Å². The molecule has 1 aromatic rings. The predicted octanol–water partition coefficient (Wildman–Crippen LogP) is 1.89. The molecule has 0 aliphatic carbocycles. The summed E-state index contributed by atoms with van der Waals surface area (Å²) in [4.78, 5) is 2.26. The fourth-order valence-corrected chi connectivity index (χ4v) is 2.45. The third-order valence-electron chi connectivity index (χ3n) is 3.50. The van der Waals surface area contributed by atoms with Crippen molar-refractivity contribution in [3.8, 4) is 6.07 Å². The Morgan fingerprint density at radius 3 is 3.05 bits per heavy atom. The topological polar surface area (TPSA) is 48.3 Å². The Kier molecular flexibility index (Phi) is 4.78. The van der Waals surface area contributed by atoms with Gasteiger partial charge in [-0.3, -0.25) is 0 Å². The maximum Gasteiger partial charge on any atom is 0.101 e. The molecule has 2 rings (SSSR count). The highest BCUT2D eigenvalue weighted by atomic mass is 16.5. The van der Waals surface area contributed by atoms with Crippen LogP contribution in [0.1, 0.15) is 24.5 Å². The average Bonchev–Trinajstić information content (AvgIpc) is 2.47. The molecule has 1 aromatic carbocycles. The lowest BCUT2D eigenvalue weighted by molar-refractivity contribution is 0.0384. The lowest BCUT2D eigenvalue weighted by Gasteiger charge is -2.34. The molecule has 0 amide bonds. The van der Waals surface area contributed by atoms with Crippen molar-refractivity contribution in [3.05, 3.63) is 29.3 Å². The summed E-state index contributed by atoms with van der Waals surface area (Å²) in [5.41, 5.74) is 2.93. The number of rotatable bonds is 4. The van der Waals surface area contributed by atoms with Crippen LogP contribution in [-0.4, -0.2) is 32.8 Å². The molecular formula is C15H21N3O. The van der Waals surface area contributed by atoms with Crippen LogP contribution in [0.4, 0.5) is 5.69 Å². The molecule has 0 spiro atoms. The zero-order valence-electron chi connectivity index (χ0n) is 11.6. The summed E-state index contributed by atoms with van der Waals surface area (Å²) < 4.78 is 5.68. The van der Waals surface area contributed by atoms with Crippen molar-refractivity contribution in [2.75, 3.05) is 31.6 Å². The summed E-state index contributed by atoms with van der Waals surface area (Å²) in [7, 11) is 1.91. The van der Waals surface area contributed by atoms with Crippen LogP contribution in [0.25, 0.3) is 0 Å². The Morgan fingerprint density at radius 2 is 2.37 bits per heavy atom. The molecule has 102 valence electrons. The molecule has 1 heterocycles. The van der Waals surface area contributed by atoms with E-state index in [1.807, 2.05) is 13.1 Å². The number of nitrogens with zero attached hydrogens (tertiary/aromatic N) is 2. The van der Waals surface area contributed by atoms with E-state index in [0.717, 1.165) is 49.5 Å². The van der Waals surface area contributed by atoms with E-state index < -0.39 is 0 Å². The molecule has 1 aliphatic rings. The quantitative estimate of drug-likeness (QED) is 0.897. The molecule has 1 unspecified atom stereocenters. The molecule has 1 aliphatic heterocycles. The van der Waals surface area contributed by atoms with Gasteiger partial charge in [0.05, 0.1) is 24.0 Å². The van der Waals surface area contributed by atoms with E-state index >= 15 is 0 Å². The van der Waals surface area contributed by atoms with Crippen LogP contribution >= 0.6 is 0 Å². The number of benzene rings is 1. The van der Waals surface area contributed by atoms with Crippen molar-refractivity contribution in [2.45, 2.75) is 26.0 Å². The standard InChI is InChI=1S/C15H21N3O/c1-3-14-11-18(6-7-19-14)15-5-4-12(10-17-2)8-13(15)9-16/h4-5,8,14,17H,3,6-7,10-11H2,1-2H3. The van der Waals surface area contributed by atoms with Crippen molar-refractivity contribution >= 4 is 5.69 Å². The molecule has 0 radical (unpaired) electrons. The Morgan fingerprint density at radius 1 is 1.53 bits per heavy atom. The van der Waals surface area contributed by atoms with Gasteiger partial charge in [0.15, 0.2) is 0 Å². The summed E-state index contributed by atoms with van der Waals surface area (Å²) in [5, 5.41) is 12.4. The summed E-state index contributed by atoms with van der Waals surface area (Å²) in [6.07, 6.45) is 1.29. The van der Waals surface area contributed by atoms with Crippen LogP contribution in [0.3, 0.4) is 0 Å². The fourth-order valence-electron chi connectivity index (χ4n) is 2.45. The molecule has 0 aromatic heterocycles. The maximum absolute atomic E-state index is 9.34. The molecule has 1 fully saturated rings. The highest BCUT2D eigenvalue weighted by Crippen LogP contribution is 2.24. The van der Waals surface area contributed by atoms with Gasteiger partial charge in [-0.15, -0.1) is 0 Å². The monoisotopic (exact) mass is 259 g/mol. The van der Waals surface area contributed by atoms with E-state index in [4.69, 9.17) is 4.74 Å². The smallest absolute Gasteiger partial charge is 0.101 e. The second-order valence-corrected chi connectivity index (χ2v) is 4.84. The number of morpholine rings is 1. The predicted molar refractivity (Wildman–Crippen MR) is 76.2 cm³/mol. The Hall–Kier alpha value is -1.57. The number of ether oxygens (including phenoxy) is 1. The van der Waals surface area contributed by atoms with E-state index in [1.54, 1.807) is 0 Å². The van der Waals surface area contributed by atoms with Crippen molar-refractivity contribution in [1.82, 2.24) is 5.32 Å². The molecule has 4 heteroatoms. The second kappa shape index (κ2) is 6.55. The summed E-state index contributed by atoms with van der Waals surface area (Å²) in [6.45, 7) is 5.39. The van der Waals surface area contributed by atoms with Gasteiger partial charge in [-0.05, 0) is 31.2 Å². The number of nitrogens with one attached hydrogen (secondary N) is 1. The van der Waals surface area contributed by atoms with Gasteiger partial charge in [0.1, 0.15) is 6.07 Å². The first-order valence-corrected chi connectivity index (χ1v) is 6.82. The molecule has 1 atom stereocenters. The fraction of sp³-hybridized carbons (Fsp3) is 0.533. The van der Waals surface area contributed by atoms with Gasteiger partial charge < -0.3 is 15.0 Å². The third kappa shape index (κ3) is 3.25. The van der Waals surface area contributed by atoms with Crippen LogP contribution in [-0.2, 0) is 11.3 Å². The molecule has 0 saturated carbocycles. The van der Waals surface area contributed by atoms with Gasteiger partial charge in [-0.25, -0.2) is 0 Å². The van der Waals surface area contributed by atoms with E-state index in [2.05, 4.69) is 35.3 Å². The van der Waals surface area contributed by atoms with E-state index in [0.29, 0.717) is 0 Å². The lowest BCUT2D eigenvalue weighted by atomic mass is 10.1. The molecule has 1 N–H and O–H groups in total. The SMILES string of the molecule is CCC1CN(c2ccc(CNC)cc2C#N)CCO1. The van der Waals surface area contributed by atoms with E-state index in [9.17, 15) is 5.26 Å². The average molecular weight is 259 g/mol. The lowest BCUT2D eigenvalue weighted by Crippen LogP contribution is -2.42. The van der Waals surface area contributed by atoms with Crippen molar-refractivity contribution in [1.29, 1.82) is 5.26 Å². The molecule has 4 nitrogen and oxygen atoms in total. The highest BCUT2D eigenvalue weighted by molar-refractivity contribution is 5.60. The second-order valence-electron chi connectivity index (χ2n) is 4.84. The van der Waals surface area contributed by atoms with Crippen molar-refractivity contribution in [2.24, 2.45) is 0 Å². The zero-order valence-corrected chi connectivity index (χ0v) is 11.6. The minimum Gasteiger partial charge on any atom is -0.375 e. The van der Waals surface area contributed by atoms with Crippen molar-refractivity contribution < 1.29 is 4.74 Å². The number of nitriles is 1. The number of hydrogen-bond acceptors (Lipinski definition) is 4. The van der Waals surface area contributed by atoms with Gasteiger partial charge in [-0.2, -0.15) is 5.26 Å². The molecular weight excluding hydrogens is 238 g/mol. The number of hydrogen-bond donors (Lipinski definition) is 1. The Balaban J connectivity index is 2.21. The van der Waals surface area contributed by atoms with Crippen LogP contribution < -0.4 is 10.2 Å². The van der Waals surface area contributed by atoms with Gasteiger partial charge in [0.2, 0.25) is 0 Å². The maximum atomic E-state index is 9.34. The number of anilines is 1. The van der Waals surface area contributed by atoms with E-state index in [1.165, 1.54) is 0 Å². The van der Waals surface area contributed by atoms with Gasteiger partial charge in [0.25, 0.3) is 0 Å². The van der Waals surface area contributed by atoms with E-state index in [-0.39, 0.29) is 6.10 Å². The Bertz CT molecular complexity index is 467. The first-order chi connectivity index (χ1) is 9.28. The molecule has 1 saturated heterocycles. The minimum absolute atomic E-state index is 0.275. The summed E-state index contributed by atoms with van der Waals surface area (Å²) in [6, 6.07) is 8.43. The highest BCUT2D eigenvalue weighted by Gasteiger charge is 2.21. The van der Waals surface area contributed by atoms with Crippen LogP contribution in [0.15, 0.2) is 18.2 Å². The normalized spacial score (nSPS) is 19.2. The molecule has 19 heavy (non-hydrogen) atoms.